The van der Waals surface area contributed by atoms with Crippen molar-refractivity contribution in [1.82, 2.24) is 48.2 Å². The molecule has 137 heavy (non-hydrogen) atoms. The van der Waals surface area contributed by atoms with Gasteiger partial charge in [-0.05, 0) is 438 Å². The average molecular weight is 1760 g/mol. The Bertz CT molecular complexity index is 8000. The van der Waals surface area contributed by atoms with Crippen LogP contribution in [0.2, 0.25) is 0 Å². The van der Waals surface area contributed by atoms with Gasteiger partial charge in [-0.3, -0.25) is 18.3 Å². The Balaban J connectivity index is 0.605. The second kappa shape index (κ2) is 31.4. The summed E-state index contributed by atoms with van der Waals surface area (Å²) in [6, 6.07) is 125. The average Bonchev–Trinajstić information content (AvgIpc) is 1.73. The molecule has 0 amide bonds. The topological polar surface area (TPSA) is 97.1 Å². The van der Waals surface area contributed by atoms with E-state index in [-0.39, 0.29) is 0 Å². The fourth-order valence-corrected chi connectivity index (χ4v) is 26.0. The van der Waals surface area contributed by atoms with Crippen LogP contribution in [-0.2, 0) is 0 Å². The molecular weight excluding hydrogens is 1670 g/mol. The van der Waals surface area contributed by atoms with E-state index in [4.69, 9.17) is 29.9 Å². The zero-order chi connectivity index (χ0) is 89.6. The van der Waals surface area contributed by atoms with Gasteiger partial charge in [0.1, 0.15) is 25.3 Å². The summed E-state index contributed by atoms with van der Waals surface area (Å²) < 4.78 is 9.18. The highest BCUT2D eigenvalue weighted by Gasteiger charge is 2.38. The van der Waals surface area contributed by atoms with Crippen molar-refractivity contribution >= 4 is 50.2 Å². The van der Waals surface area contributed by atoms with Crippen molar-refractivity contribution in [3.05, 3.63) is 415 Å². The molecule has 5 aromatic heterocycles. The molecule has 16 aromatic carbocycles. The third-order valence-corrected chi connectivity index (χ3v) is 33.0. The second-order valence-corrected chi connectivity index (χ2v) is 40.2. The summed E-state index contributed by atoms with van der Waals surface area (Å²) in [4.78, 5) is 29.8. The number of hydrogen-bond donors (Lipinski definition) is 0. The van der Waals surface area contributed by atoms with Crippen LogP contribution in [0.5, 0.6) is 0 Å². The van der Waals surface area contributed by atoms with Crippen molar-refractivity contribution in [2.45, 2.75) is 131 Å². The van der Waals surface area contributed by atoms with E-state index in [2.05, 4.69) is 346 Å². The van der Waals surface area contributed by atoms with Crippen molar-refractivity contribution < 1.29 is 0 Å². The number of hydrogen-bond acceptors (Lipinski definition) is 6. The lowest BCUT2D eigenvalue weighted by atomic mass is 9.67. The van der Waals surface area contributed by atoms with Crippen LogP contribution in [0.1, 0.15) is 176 Å². The predicted molar refractivity (Wildman–Crippen MR) is 558 cm³/mol. The van der Waals surface area contributed by atoms with Crippen molar-refractivity contribution in [2.75, 3.05) is 0 Å². The van der Waals surface area contributed by atoms with Gasteiger partial charge in [0.05, 0.1) is 44.1 Å². The minimum atomic E-state index is 0.594. The lowest BCUT2D eigenvalue weighted by molar-refractivity contribution is 0.359. The number of nitrogens with zero attached hydrogens (tertiary/aromatic N) is 10. The Morgan fingerprint density at radius 2 is 0.453 bits per heavy atom. The molecule has 21 aromatic rings. The van der Waals surface area contributed by atoms with Gasteiger partial charge in [0.25, 0.3) is 0 Å². The molecule has 12 aliphatic rings. The summed E-state index contributed by atoms with van der Waals surface area (Å²) in [6.45, 7) is 0. The Kier molecular flexibility index (Phi) is 18.0. The van der Waals surface area contributed by atoms with Crippen LogP contribution in [0.3, 0.4) is 0 Å². The van der Waals surface area contributed by atoms with E-state index < -0.39 is 0 Å². The maximum atomic E-state index is 5.08. The van der Waals surface area contributed by atoms with Gasteiger partial charge in [-0.1, -0.05) is 200 Å². The fourth-order valence-electron chi connectivity index (χ4n) is 26.0. The maximum Gasteiger partial charge on any atom is 0.159 e. The zero-order valence-corrected chi connectivity index (χ0v) is 76.1. The van der Waals surface area contributed by atoms with E-state index in [1.807, 2.05) is 43.8 Å². The highest BCUT2D eigenvalue weighted by atomic mass is 15.1. The molecular formula is C127H96N10. The molecule has 10 heteroatoms. The molecule has 0 radical (unpaired) electrons. The van der Waals surface area contributed by atoms with Crippen LogP contribution in [0.4, 0.5) is 0 Å². The molecule has 4 saturated carbocycles. The SMILES string of the molecule is C1=C2CC(C2)c2cc3c(cc21)ncn3-c1ccc(-c2ccccc2-c2cc(-c3ccccc3-c3ccc(-n4cnc5cc6c(cc54)C4CCC6CC4)cc3)cc(-c3cccc(-c4cc(-c5ccccc5-c5ccc(-n6cnc7cc8c(cc76)C6CCC8CC6)cc5)cc(-c5ccccc5-c5ccc(-n6cnc7cc8c(cc76)C6CCC8CC6)cc5)c4)c3-c3ccc(-c4ncccn4)cc3)c2)cc1. The second-order valence-electron chi connectivity index (χ2n) is 40.2. The summed E-state index contributed by atoms with van der Waals surface area (Å²) in [7, 11) is 0. The number of imidazole rings is 4. The lowest BCUT2D eigenvalue weighted by Crippen LogP contribution is -2.21. The molecule has 5 heterocycles. The van der Waals surface area contributed by atoms with E-state index in [1.54, 1.807) is 5.57 Å². The van der Waals surface area contributed by atoms with Crippen molar-refractivity contribution in [2.24, 2.45) is 0 Å². The van der Waals surface area contributed by atoms with Crippen LogP contribution < -0.4 is 0 Å². The summed E-state index contributed by atoms with van der Waals surface area (Å²) in [5.41, 5.74) is 52.3. The minimum absolute atomic E-state index is 0.594. The van der Waals surface area contributed by atoms with Crippen LogP contribution >= 0.6 is 0 Å². The number of benzene rings is 16. The first-order valence-electron chi connectivity index (χ1n) is 49.6. The van der Waals surface area contributed by atoms with Crippen LogP contribution in [-0.4, -0.2) is 48.2 Å². The highest BCUT2D eigenvalue weighted by molar-refractivity contribution is 6.02. The first-order valence-corrected chi connectivity index (χ1v) is 49.6. The van der Waals surface area contributed by atoms with Gasteiger partial charge in [0.2, 0.25) is 0 Å². The van der Waals surface area contributed by atoms with Gasteiger partial charge in [-0.2, -0.15) is 0 Å². The Labute approximate surface area is 796 Å². The summed E-state index contributed by atoms with van der Waals surface area (Å²) in [6.07, 6.45) is 32.0. The fraction of sp³-hybridized carbons (Fsp3) is 0.165. The van der Waals surface area contributed by atoms with Crippen LogP contribution in [0.15, 0.2) is 371 Å². The normalized spacial score (nSPS) is 18.1. The van der Waals surface area contributed by atoms with E-state index in [1.165, 1.54) is 151 Å². The molecule has 654 valence electrons. The molecule has 4 fully saturated rings. The monoisotopic (exact) mass is 1760 g/mol. The quantitative estimate of drug-likeness (QED) is 0.0956. The number of allylic oxidation sites excluding steroid dienone is 1. The van der Waals surface area contributed by atoms with Crippen molar-refractivity contribution in [3.8, 4) is 157 Å². The lowest BCUT2D eigenvalue weighted by Gasteiger charge is -2.38. The minimum Gasteiger partial charge on any atom is -0.299 e. The summed E-state index contributed by atoms with van der Waals surface area (Å²) in [5.74, 6) is 5.13. The van der Waals surface area contributed by atoms with Crippen molar-refractivity contribution in [1.29, 1.82) is 0 Å². The van der Waals surface area contributed by atoms with Gasteiger partial charge < -0.3 is 0 Å². The number of fused-ring (bicyclic) bond motifs is 10. The predicted octanol–water partition coefficient (Wildman–Crippen LogP) is 32.4. The third kappa shape index (κ3) is 13.1. The zero-order valence-electron chi connectivity index (χ0n) is 76.1. The van der Waals surface area contributed by atoms with Gasteiger partial charge >= 0.3 is 0 Å². The van der Waals surface area contributed by atoms with Crippen molar-refractivity contribution in [3.63, 3.8) is 0 Å². The molecule has 0 aliphatic heterocycles. The molecule has 10 nitrogen and oxygen atoms in total. The standard InChI is InChI=1S/C127H96N10/c1-5-15-105(101(11-1)77-37-45-97(46-38-77)134-72-130-118-64-90-57-76-55-89(56-76)111(90)68-122(118)134)91-58-92(106-16-6-2-12-102(106)78-39-47-98(48-40-78)135-73-131-119-65-112-81-21-27-84(28-22-81)115(112)69-123(119)135)61-95(60-91)109-19-9-20-110(126(109)87-33-35-88(36-34-87)127-128-53-10-54-129-127)96-62-93(107-17-7-3-13-103(107)79-41-49-99(50-42-79)136-74-132-120-66-113-82-23-29-85(30-24-82)116(113)70-124(120)136)59-94(63-96)108-18-8-4-14-104(108)80-43-51-100(52-44-80)137-75-133-121-67-114-83-25-31-86(32-26-83)117(114)71-125(121)137/h1-20,33-54,57-75,81-86,89H,21-32,55-56H2. The molecule has 0 spiro atoms. The number of rotatable bonds is 16. The van der Waals surface area contributed by atoms with E-state index in [9.17, 15) is 0 Å². The largest absolute Gasteiger partial charge is 0.299 e. The van der Waals surface area contributed by atoms with Crippen LogP contribution in [0, 0.1) is 0 Å². The van der Waals surface area contributed by atoms with Gasteiger partial charge in [0.15, 0.2) is 5.82 Å². The number of aromatic nitrogens is 10. The molecule has 0 unspecified atom stereocenters. The molecule has 0 saturated heterocycles. The van der Waals surface area contributed by atoms with Gasteiger partial charge in [-0.15, -0.1) is 0 Å². The van der Waals surface area contributed by atoms with Gasteiger partial charge in [-0.25, -0.2) is 29.9 Å². The Morgan fingerprint density at radius 1 is 0.197 bits per heavy atom. The van der Waals surface area contributed by atoms with E-state index in [0.29, 0.717) is 47.2 Å². The first kappa shape index (κ1) is 78.7. The Hall–Kier alpha value is -15.8. The molecule has 33 rings (SSSR count). The third-order valence-electron chi connectivity index (χ3n) is 33.0. The highest BCUT2D eigenvalue weighted by Crippen LogP contribution is 2.57. The summed E-state index contributed by atoms with van der Waals surface area (Å²) in [5, 5.41) is 0. The van der Waals surface area contributed by atoms with E-state index >= 15 is 0 Å². The summed E-state index contributed by atoms with van der Waals surface area (Å²) >= 11 is 0. The molecule has 8 bridgehead atoms. The van der Waals surface area contributed by atoms with E-state index in [0.717, 1.165) is 178 Å². The molecule has 0 N–H and O–H groups in total. The first-order chi connectivity index (χ1) is 67.8. The molecule has 0 atom stereocenters. The van der Waals surface area contributed by atoms with Crippen LogP contribution in [0.25, 0.3) is 207 Å². The molecule has 12 aliphatic carbocycles. The maximum absolute atomic E-state index is 5.08. The Morgan fingerprint density at radius 3 is 0.766 bits per heavy atom. The smallest absolute Gasteiger partial charge is 0.159 e. The van der Waals surface area contributed by atoms with Gasteiger partial charge in [0, 0.05) is 40.7 Å².